The summed E-state index contributed by atoms with van der Waals surface area (Å²) >= 11 is 0. The van der Waals surface area contributed by atoms with Crippen molar-refractivity contribution in [2.24, 2.45) is 34.5 Å². The van der Waals surface area contributed by atoms with Crippen LogP contribution in [0.15, 0.2) is 11.6 Å². The van der Waals surface area contributed by atoms with Gasteiger partial charge >= 0.3 is 5.97 Å². The summed E-state index contributed by atoms with van der Waals surface area (Å²) in [4.78, 5) is 11.8. The Labute approximate surface area is 210 Å². The summed E-state index contributed by atoms with van der Waals surface area (Å²) in [5.74, 6) is 0.683. The van der Waals surface area contributed by atoms with Crippen molar-refractivity contribution < 1.29 is 29.2 Å². The molecule has 0 amide bonds. The topological polar surface area (TPSA) is 85.2 Å². The van der Waals surface area contributed by atoms with Crippen LogP contribution in [0.4, 0.5) is 0 Å². The van der Waals surface area contributed by atoms with E-state index in [-0.39, 0.29) is 41.5 Å². The van der Waals surface area contributed by atoms with Crippen LogP contribution < -0.4 is 0 Å². The molecule has 0 bridgehead atoms. The highest BCUT2D eigenvalue weighted by atomic mass is 16.7. The summed E-state index contributed by atoms with van der Waals surface area (Å²) in [6.07, 6.45) is 10.8. The zero-order chi connectivity index (χ0) is 25.0. The lowest BCUT2D eigenvalue weighted by Gasteiger charge is -2.63. The fraction of sp³-hybridized carbons (Fsp3) is 0.897. The van der Waals surface area contributed by atoms with Crippen LogP contribution in [0, 0.1) is 34.5 Å². The van der Waals surface area contributed by atoms with Crippen LogP contribution in [-0.2, 0) is 19.0 Å². The molecule has 2 N–H and O–H groups in total. The van der Waals surface area contributed by atoms with Crippen LogP contribution in [0.25, 0.3) is 0 Å². The number of ether oxygens (including phenoxy) is 3. The summed E-state index contributed by atoms with van der Waals surface area (Å²) in [5.41, 5.74) is -0.562. The van der Waals surface area contributed by atoms with Gasteiger partial charge < -0.3 is 24.4 Å². The highest BCUT2D eigenvalue weighted by molar-refractivity contribution is 5.85. The van der Waals surface area contributed by atoms with Gasteiger partial charge in [-0.05, 0) is 106 Å². The number of carbonyl (C=O) groups excluding carboxylic acids is 1. The molecule has 35 heavy (non-hydrogen) atoms. The van der Waals surface area contributed by atoms with Crippen molar-refractivity contribution in [2.75, 3.05) is 13.2 Å². The van der Waals surface area contributed by atoms with E-state index in [4.69, 9.17) is 14.2 Å². The molecule has 3 saturated carbocycles. The zero-order valence-corrected chi connectivity index (χ0v) is 22.1. The molecule has 0 aromatic carbocycles. The maximum Gasteiger partial charge on any atom is 0.331 e. The van der Waals surface area contributed by atoms with Crippen molar-refractivity contribution >= 4 is 5.97 Å². The van der Waals surface area contributed by atoms with Gasteiger partial charge in [0.25, 0.3) is 0 Å². The van der Waals surface area contributed by atoms with Crippen LogP contribution in [0.2, 0.25) is 0 Å². The number of hydrogen-bond acceptors (Lipinski definition) is 6. The minimum atomic E-state index is -0.920. The number of cyclic esters (lactones) is 1. The molecule has 2 heterocycles. The van der Waals surface area contributed by atoms with Gasteiger partial charge in [0, 0.05) is 18.1 Å². The number of rotatable bonds is 6. The van der Waals surface area contributed by atoms with E-state index in [9.17, 15) is 15.0 Å². The average molecular weight is 491 g/mol. The fourth-order valence-electron chi connectivity index (χ4n) is 8.97. The van der Waals surface area contributed by atoms with E-state index >= 15 is 0 Å². The van der Waals surface area contributed by atoms with Gasteiger partial charge in [-0.15, -0.1) is 0 Å². The lowest BCUT2D eigenvalue weighted by Crippen LogP contribution is -2.66. The Balaban J connectivity index is 1.31. The molecule has 0 aromatic rings. The van der Waals surface area contributed by atoms with Gasteiger partial charge in [0.1, 0.15) is 6.61 Å². The van der Waals surface area contributed by atoms with Crippen LogP contribution in [0.5, 0.6) is 0 Å². The zero-order valence-electron chi connectivity index (χ0n) is 22.1. The van der Waals surface area contributed by atoms with Gasteiger partial charge in [-0.3, -0.25) is 0 Å². The molecule has 10 atom stereocenters. The molecule has 2 aliphatic heterocycles. The highest BCUT2D eigenvalue weighted by Crippen LogP contribution is 2.68. The van der Waals surface area contributed by atoms with Crippen molar-refractivity contribution in [3.05, 3.63) is 11.6 Å². The number of carbonyl (C=O) groups is 1. The van der Waals surface area contributed by atoms with Gasteiger partial charge in [-0.2, -0.15) is 0 Å². The lowest BCUT2D eigenvalue weighted by molar-refractivity contribution is -0.239. The summed E-state index contributed by atoms with van der Waals surface area (Å²) in [5, 5.41) is 24.0. The summed E-state index contributed by atoms with van der Waals surface area (Å²) < 4.78 is 17.2. The molecule has 6 heteroatoms. The van der Waals surface area contributed by atoms with Crippen LogP contribution in [0.3, 0.4) is 0 Å². The number of fused-ring (bicyclic) bond motifs is 3. The second-order valence-electron chi connectivity index (χ2n) is 12.9. The van der Waals surface area contributed by atoms with E-state index in [0.717, 1.165) is 56.9 Å². The van der Waals surface area contributed by atoms with E-state index < -0.39 is 17.1 Å². The molecule has 0 radical (unpaired) electrons. The van der Waals surface area contributed by atoms with Gasteiger partial charge in [0.15, 0.2) is 6.29 Å². The molecule has 5 rings (SSSR count). The third kappa shape index (κ3) is 4.11. The number of hydrogen-bond donors (Lipinski definition) is 2. The van der Waals surface area contributed by atoms with Crippen LogP contribution in [-0.4, -0.2) is 53.5 Å². The molecular formula is C29H46O6. The Morgan fingerprint density at radius 2 is 1.91 bits per heavy atom. The third-order valence-electron chi connectivity index (χ3n) is 11.4. The molecule has 198 valence electrons. The first kappa shape index (κ1) is 25.7. The predicted molar refractivity (Wildman–Crippen MR) is 132 cm³/mol. The maximum atomic E-state index is 12.4. The summed E-state index contributed by atoms with van der Waals surface area (Å²) in [6, 6.07) is 0. The van der Waals surface area contributed by atoms with Crippen molar-refractivity contribution in [2.45, 2.75) is 116 Å². The number of aliphatic hydroxyl groups excluding tert-OH is 1. The van der Waals surface area contributed by atoms with Gasteiger partial charge in [0.05, 0.1) is 17.8 Å². The van der Waals surface area contributed by atoms with E-state index in [1.165, 1.54) is 0 Å². The van der Waals surface area contributed by atoms with Crippen molar-refractivity contribution in [1.29, 1.82) is 0 Å². The SMILES string of the molecule is C[C@@H]1CCC[C@H](OCCC[C@]2(C)C3C[C@@H](O)[C@]4(C)[C@@H](C5=CC(=O)OC5)CC[C@]4(O)C3CC[C@@H]2C)O1. The molecular weight excluding hydrogens is 444 g/mol. The highest BCUT2D eigenvalue weighted by Gasteiger charge is 2.70. The Morgan fingerprint density at radius 3 is 2.63 bits per heavy atom. The van der Waals surface area contributed by atoms with Gasteiger partial charge in [-0.1, -0.05) is 20.8 Å². The molecule has 6 nitrogen and oxygen atoms in total. The summed E-state index contributed by atoms with van der Waals surface area (Å²) in [6.45, 7) is 9.94. The lowest BCUT2D eigenvalue weighted by atomic mass is 9.44. The van der Waals surface area contributed by atoms with E-state index in [1.54, 1.807) is 6.08 Å². The molecule has 1 saturated heterocycles. The van der Waals surface area contributed by atoms with E-state index in [2.05, 4.69) is 27.7 Å². The van der Waals surface area contributed by atoms with Crippen LogP contribution >= 0.6 is 0 Å². The first-order valence-corrected chi connectivity index (χ1v) is 14.1. The number of esters is 1. The standard InChI is InChI=1S/C29H46O6/c1-18-9-10-22-23(27(18,3)12-6-14-33-26-8-5-7-19(2)35-26)16-24(30)28(4)21(11-13-29(22,28)32)20-15-25(31)34-17-20/h15,18-19,21-24,26,30,32H,5-14,16-17H2,1-4H3/t18-,19+,21+,22?,23?,24+,26+,27-,28-,29-/m0/s1. The van der Waals surface area contributed by atoms with Crippen molar-refractivity contribution in [3.63, 3.8) is 0 Å². The van der Waals surface area contributed by atoms with E-state index in [1.807, 2.05) is 0 Å². The van der Waals surface area contributed by atoms with Crippen molar-refractivity contribution in [3.8, 4) is 0 Å². The molecule has 3 aliphatic carbocycles. The second-order valence-corrected chi connectivity index (χ2v) is 12.9. The monoisotopic (exact) mass is 490 g/mol. The van der Waals surface area contributed by atoms with Gasteiger partial charge in [-0.25, -0.2) is 4.79 Å². The molecule has 0 spiro atoms. The molecule has 5 aliphatic rings. The number of aliphatic hydroxyl groups is 2. The smallest absolute Gasteiger partial charge is 0.331 e. The minimum absolute atomic E-state index is 0.00760. The van der Waals surface area contributed by atoms with Crippen LogP contribution in [0.1, 0.15) is 91.9 Å². The third-order valence-corrected chi connectivity index (χ3v) is 11.4. The average Bonchev–Trinajstić information content (AvgIpc) is 3.36. The quantitative estimate of drug-likeness (QED) is 0.412. The molecule has 2 unspecified atom stereocenters. The summed E-state index contributed by atoms with van der Waals surface area (Å²) in [7, 11) is 0. The first-order valence-electron chi connectivity index (χ1n) is 14.1. The van der Waals surface area contributed by atoms with E-state index in [0.29, 0.717) is 32.0 Å². The largest absolute Gasteiger partial charge is 0.458 e. The normalized spacial score (nSPS) is 49.8. The molecule has 4 fully saturated rings. The minimum Gasteiger partial charge on any atom is -0.458 e. The Hall–Kier alpha value is -0.950. The van der Waals surface area contributed by atoms with Crippen molar-refractivity contribution in [1.82, 2.24) is 0 Å². The predicted octanol–water partition coefficient (Wildman–Crippen LogP) is 4.76. The maximum absolute atomic E-state index is 12.4. The second kappa shape index (κ2) is 9.41. The van der Waals surface area contributed by atoms with Gasteiger partial charge in [0.2, 0.25) is 0 Å². The fourth-order valence-corrected chi connectivity index (χ4v) is 8.97. The Kier molecular flexibility index (Phi) is 6.91. The first-order chi connectivity index (χ1) is 16.6. The Morgan fingerprint density at radius 1 is 1.11 bits per heavy atom. The molecule has 0 aromatic heterocycles. The Bertz CT molecular complexity index is 841.